The van der Waals surface area contributed by atoms with E-state index in [2.05, 4.69) is 25.2 Å². The van der Waals surface area contributed by atoms with Crippen molar-refractivity contribution in [3.05, 3.63) is 51.5 Å². The molecule has 1 unspecified atom stereocenters. The molecule has 140 valence electrons. The molecule has 0 aliphatic heterocycles. The summed E-state index contributed by atoms with van der Waals surface area (Å²) in [6, 6.07) is 8.08. The maximum absolute atomic E-state index is 12.8. The van der Waals surface area contributed by atoms with Crippen LogP contribution in [0.1, 0.15) is 51.8 Å². The summed E-state index contributed by atoms with van der Waals surface area (Å²) < 4.78 is 0. The number of fused-ring (bicyclic) bond motifs is 2. The number of carbonyl (C=O) groups excluding carboxylic acids is 1. The number of aromatic nitrogens is 1. The van der Waals surface area contributed by atoms with Crippen LogP contribution in [-0.2, 0) is 12.8 Å². The number of benzene rings is 1. The molecule has 3 aromatic rings. The number of amides is 1. The van der Waals surface area contributed by atoms with Crippen LogP contribution in [0.25, 0.3) is 10.2 Å². The average Bonchev–Trinajstić information content (AvgIpc) is 2.98. The van der Waals surface area contributed by atoms with Crippen LogP contribution in [0.2, 0.25) is 0 Å². The largest absolute Gasteiger partial charge is 0.397 e. The molecule has 0 saturated heterocycles. The molecule has 0 spiro atoms. The van der Waals surface area contributed by atoms with Crippen LogP contribution in [0, 0.1) is 19.8 Å². The minimum Gasteiger partial charge on any atom is -0.397 e. The number of nitrogens with zero attached hydrogens (tertiary/aromatic N) is 1. The first kappa shape index (κ1) is 18.0. The fourth-order valence-electron chi connectivity index (χ4n) is 3.79. The van der Waals surface area contributed by atoms with Crippen molar-refractivity contribution >= 4 is 38.8 Å². The van der Waals surface area contributed by atoms with Crippen LogP contribution in [0.3, 0.4) is 0 Å². The van der Waals surface area contributed by atoms with Crippen LogP contribution >= 0.6 is 11.3 Å². The number of hydrogen-bond acceptors (Lipinski definition) is 4. The normalized spacial score (nSPS) is 16.3. The van der Waals surface area contributed by atoms with E-state index in [1.165, 1.54) is 41.0 Å². The molecule has 3 N–H and O–H groups in total. The average molecular weight is 380 g/mol. The Kier molecular flexibility index (Phi) is 4.64. The minimum atomic E-state index is -0.164. The zero-order valence-corrected chi connectivity index (χ0v) is 16.9. The first-order chi connectivity index (χ1) is 13.0. The molecule has 5 heteroatoms. The number of nitrogen functional groups attached to an aromatic ring is 1. The number of nitrogens with one attached hydrogen (secondary N) is 1. The zero-order valence-electron chi connectivity index (χ0n) is 16.1. The zero-order chi connectivity index (χ0) is 19.1. The number of thiophene rings is 1. The molecule has 2 aromatic heterocycles. The summed E-state index contributed by atoms with van der Waals surface area (Å²) >= 11 is 1.39. The van der Waals surface area contributed by atoms with Crippen LogP contribution in [-0.4, -0.2) is 10.9 Å². The van der Waals surface area contributed by atoms with Gasteiger partial charge in [0.2, 0.25) is 0 Å². The summed E-state index contributed by atoms with van der Waals surface area (Å²) in [6.07, 6.45) is 4.48. The van der Waals surface area contributed by atoms with E-state index in [4.69, 9.17) is 10.7 Å². The number of nitrogens with two attached hydrogens (primary N) is 1. The molecule has 0 radical (unpaired) electrons. The molecular formula is C22H25N3OS. The molecule has 1 aromatic carbocycles. The Balaban J connectivity index is 1.66. The third-order valence-corrected chi connectivity index (χ3v) is 6.85. The van der Waals surface area contributed by atoms with E-state index in [1.807, 2.05) is 25.1 Å². The lowest BCUT2D eigenvalue weighted by atomic mass is 9.85. The highest BCUT2D eigenvalue weighted by Crippen LogP contribution is 2.37. The standard InChI is InChI=1S/C22H25N3OS/c1-4-14-6-8-18-15(10-14)11-17-19(23)20(27-22(17)25-18)21(26)24-16-7-5-12(2)13(3)9-16/h5,7,9,11,14H,4,6,8,10,23H2,1-3H3,(H,24,26). The molecule has 0 bridgehead atoms. The Morgan fingerprint density at radius 3 is 2.85 bits per heavy atom. The van der Waals surface area contributed by atoms with Crippen molar-refractivity contribution < 1.29 is 4.79 Å². The first-order valence-electron chi connectivity index (χ1n) is 9.55. The lowest BCUT2D eigenvalue weighted by molar-refractivity contribution is 0.103. The van der Waals surface area contributed by atoms with E-state index in [-0.39, 0.29) is 5.91 Å². The molecular weight excluding hydrogens is 354 g/mol. The molecule has 1 amide bonds. The van der Waals surface area contributed by atoms with E-state index in [0.717, 1.165) is 40.2 Å². The van der Waals surface area contributed by atoms with Crippen molar-refractivity contribution in [2.24, 2.45) is 5.92 Å². The summed E-state index contributed by atoms with van der Waals surface area (Å²) in [5.74, 6) is 0.562. The highest BCUT2D eigenvalue weighted by atomic mass is 32.1. The van der Waals surface area contributed by atoms with E-state index < -0.39 is 0 Å². The predicted octanol–water partition coefficient (Wildman–Crippen LogP) is 5.26. The van der Waals surface area contributed by atoms with Crippen LogP contribution < -0.4 is 11.1 Å². The molecule has 1 aliphatic rings. The molecule has 0 saturated carbocycles. The molecule has 1 aliphatic carbocycles. The summed E-state index contributed by atoms with van der Waals surface area (Å²) in [5.41, 5.74) is 12.5. The highest BCUT2D eigenvalue weighted by Gasteiger charge is 2.23. The Hall–Kier alpha value is -2.40. The maximum atomic E-state index is 12.8. The fraction of sp³-hybridized carbons (Fsp3) is 0.364. The lowest BCUT2D eigenvalue weighted by Gasteiger charge is -2.22. The van der Waals surface area contributed by atoms with Crippen molar-refractivity contribution in [3.8, 4) is 0 Å². The smallest absolute Gasteiger partial charge is 0.267 e. The van der Waals surface area contributed by atoms with E-state index in [0.29, 0.717) is 10.6 Å². The van der Waals surface area contributed by atoms with Gasteiger partial charge in [-0.25, -0.2) is 4.98 Å². The van der Waals surface area contributed by atoms with Crippen molar-refractivity contribution in [2.45, 2.75) is 46.5 Å². The van der Waals surface area contributed by atoms with Gasteiger partial charge in [0.05, 0.1) is 5.69 Å². The van der Waals surface area contributed by atoms with Crippen LogP contribution in [0.15, 0.2) is 24.3 Å². The van der Waals surface area contributed by atoms with Crippen molar-refractivity contribution in [1.29, 1.82) is 0 Å². The van der Waals surface area contributed by atoms with E-state index in [9.17, 15) is 4.79 Å². The second-order valence-electron chi connectivity index (χ2n) is 7.56. The van der Waals surface area contributed by atoms with Crippen LogP contribution in [0.5, 0.6) is 0 Å². The van der Waals surface area contributed by atoms with E-state index >= 15 is 0 Å². The van der Waals surface area contributed by atoms with Crippen molar-refractivity contribution in [2.75, 3.05) is 11.1 Å². The topological polar surface area (TPSA) is 68.0 Å². The summed E-state index contributed by atoms with van der Waals surface area (Å²) in [7, 11) is 0. The third-order valence-electron chi connectivity index (χ3n) is 5.74. The van der Waals surface area contributed by atoms with Crippen molar-refractivity contribution in [3.63, 3.8) is 0 Å². The fourth-order valence-corrected chi connectivity index (χ4v) is 4.78. The quantitative estimate of drug-likeness (QED) is 0.652. The Bertz CT molecular complexity index is 1040. The highest BCUT2D eigenvalue weighted by molar-refractivity contribution is 7.21. The Labute approximate surface area is 163 Å². The van der Waals surface area contributed by atoms with Crippen LogP contribution in [0.4, 0.5) is 11.4 Å². The Morgan fingerprint density at radius 1 is 1.30 bits per heavy atom. The summed E-state index contributed by atoms with van der Waals surface area (Å²) in [6.45, 7) is 6.34. The van der Waals surface area contributed by atoms with Gasteiger partial charge in [-0.3, -0.25) is 4.79 Å². The summed E-state index contributed by atoms with van der Waals surface area (Å²) in [5, 5.41) is 3.89. The number of rotatable bonds is 3. The number of pyridine rings is 1. The van der Waals surface area contributed by atoms with Gasteiger partial charge in [-0.15, -0.1) is 11.3 Å². The van der Waals surface area contributed by atoms with E-state index in [1.54, 1.807) is 0 Å². The molecule has 1 atom stereocenters. The Morgan fingerprint density at radius 2 is 2.11 bits per heavy atom. The van der Waals surface area contributed by atoms with Gasteiger partial charge in [0.15, 0.2) is 0 Å². The van der Waals surface area contributed by atoms with Gasteiger partial charge in [0, 0.05) is 16.8 Å². The second-order valence-corrected chi connectivity index (χ2v) is 8.56. The number of anilines is 2. The van der Waals surface area contributed by atoms with Gasteiger partial charge in [0.25, 0.3) is 5.91 Å². The van der Waals surface area contributed by atoms with Crippen molar-refractivity contribution in [1.82, 2.24) is 4.98 Å². The number of hydrogen-bond donors (Lipinski definition) is 2. The number of carbonyl (C=O) groups is 1. The van der Waals surface area contributed by atoms with Gasteiger partial charge in [0.1, 0.15) is 9.71 Å². The minimum absolute atomic E-state index is 0.164. The van der Waals surface area contributed by atoms with Gasteiger partial charge < -0.3 is 11.1 Å². The lowest BCUT2D eigenvalue weighted by Crippen LogP contribution is -2.14. The SMILES string of the molecule is CCC1CCc2nc3sc(C(=O)Nc4ccc(C)c(C)c4)c(N)c3cc2C1. The molecule has 0 fully saturated rings. The summed E-state index contributed by atoms with van der Waals surface area (Å²) in [4.78, 5) is 19.1. The first-order valence-corrected chi connectivity index (χ1v) is 10.4. The van der Waals surface area contributed by atoms with Gasteiger partial charge in [-0.05, 0) is 73.9 Å². The molecule has 27 heavy (non-hydrogen) atoms. The predicted molar refractivity (Wildman–Crippen MR) is 114 cm³/mol. The molecule has 4 nitrogen and oxygen atoms in total. The third kappa shape index (κ3) is 3.32. The number of aryl methyl sites for hydroxylation is 3. The van der Waals surface area contributed by atoms with Gasteiger partial charge in [-0.2, -0.15) is 0 Å². The molecule has 2 heterocycles. The van der Waals surface area contributed by atoms with Gasteiger partial charge in [-0.1, -0.05) is 19.4 Å². The second kappa shape index (κ2) is 6.97. The monoisotopic (exact) mass is 379 g/mol. The maximum Gasteiger partial charge on any atom is 0.267 e. The molecule has 4 rings (SSSR count). The van der Waals surface area contributed by atoms with Gasteiger partial charge >= 0.3 is 0 Å².